The van der Waals surface area contributed by atoms with Gasteiger partial charge in [-0.3, -0.25) is 9.78 Å². The molecule has 6 nitrogen and oxygen atoms in total. The molecule has 3 aromatic heterocycles. The molecule has 1 aliphatic carbocycles. The van der Waals surface area contributed by atoms with Crippen LogP contribution in [0.25, 0.3) is 22.7 Å². The number of aromatic nitrogens is 4. The molecule has 0 saturated heterocycles. The Hall–Kier alpha value is -2.76. The number of carbonyl (C=O) groups is 1. The van der Waals surface area contributed by atoms with Crippen molar-refractivity contribution in [3.63, 3.8) is 0 Å². The number of carbonyl (C=O) groups excluding carboxylic acids is 1. The van der Waals surface area contributed by atoms with Gasteiger partial charge in [0.1, 0.15) is 11.2 Å². The summed E-state index contributed by atoms with van der Waals surface area (Å²) in [4.78, 5) is 25.9. The Kier molecular flexibility index (Phi) is 3.39. The molecule has 4 rings (SSSR count). The maximum absolute atomic E-state index is 12.1. The van der Waals surface area contributed by atoms with Crippen LogP contribution in [-0.4, -0.2) is 32.6 Å². The smallest absolute Gasteiger partial charge is 0.316 e. The molecule has 25 heavy (non-hydrogen) atoms. The van der Waals surface area contributed by atoms with Crippen LogP contribution in [0.15, 0.2) is 24.5 Å². The molecular formula is C19H20N4O2. The maximum atomic E-state index is 12.1. The SMILES string of the molecule is COC(=O)C1(c2cnc(-c3nc4cc(C)cnc4n3C)c(C)c2)CC1. The Morgan fingerprint density at radius 3 is 2.60 bits per heavy atom. The molecule has 0 atom stereocenters. The number of rotatable bonds is 3. The predicted octanol–water partition coefficient (Wildman–Crippen LogP) is 2.85. The van der Waals surface area contributed by atoms with Crippen LogP contribution in [-0.2, 0) is 22.0 Å². The first-order valence-electron chi connectivity index (χ1n) is 8.31. The summed E-state index contributed by atoms with van der Waals surface area (Å²) in [5, 5.41) is 0. The molecule has 3 aromatic rings. The summed E-state index contributed by atoms with van der Waals surface area (Å²) in [6.07, 6.45) is 5.25. The fraction of sp³-hybridized carbons (Fsp3) is 0.368. The third-order valence-electron chi connectivity index (χ3n) is 5.01. The van der Waals surface area contributed by atoms with E-state index >= 15 is 0 Å². The van der Waals surface area contributed by atoms with Crippen LogP contribution >= 0.6 is 0 Å². The lowest BCUT2D eigenvalue weighted by Gasteiger charge is -2.14. The zero-order chi connectivity index (χ0) is 17.8. The van der Waals surface area contributed by atoms with Gasteiger partial charge in [-0.2, -0.15) is 0 Å². The topological polar surface area (TPSA) is 69.9 Å². The molecular weight excluding hydrogens is 316 g/mol. The summed E-state index contributed by atoms with van der Waals surface area (Å²) < 4.78 is 6.92. The van der Waals surface area contributed by atoms with Crippen molar-refractivity contribution in [1.29, 1.82) is 0 Å². The first kappa shape index (κ1) is 15.7. The highest BCUT2D eigenvalue weighted by Gasteiger charge is 2.52. The van der Waals surface area contributed by atoms with Gasteiger partial charge in [0.05, 0.1) is 12.5 Å². The van der Waals surface area contributed by atoms with Crippen molar-refractivity contribution in [2.24, 2.45) is 7.05 Å². The van der Waals surface area contributed by atoms with E-state index in [1.54, 1.807) is 6.20 Å². The second kappa shape index (κ2) is 5.37. The fourth-order valence-electron chi connectivity index (χ4n) is 3.39. The van der Waals surface area contributed by atoms with Gasteiger partial charge in [-0.25, -0.2) is 9.97 Å². The van der Waals surface area contributed by atoms with Crippen LogP contribution in [0.1, 0.15) is 29.5 Å². The van der Waals surface area contributed by atoms with Crippen LogP contribution in [0.5, 0.6) is 0 Å². The van der Waals surface area contributed by atoms with E-state index in [1.807, 2.05) is 43.8 Å². The highest BCUT2D eigenvalue weighted by atomic mass is 16.5. The molecule has 1 aliphatic rings. The summed E-state index contributed by atoms with van der Waals surface area (Å²) in [6.45, 7) is 4.00. The van der Waals surface area contributed by atoms with Crippen molar-refractivity contribution in [3.05, 3.63) is 41.2 Å². The number of esters is 1. The Morgan fingerprint density at radius 1 is 1.20 bits per heavy atom. The predicted molar refractivity (Wildman–Crippen MR) is 94.1 cm³/mol. The normalized spacial score (nSPS) is 15.4. The van der Waals surface area contributed by atoms with E-state index < -0.39 is 5.41 Å². The second-order valence-electron chi connectivity index (χ2n) is 6.81. The van der Waals surface area contributed by atoms with Crippen molar-refractivity contribution >= 4 is 17.1 Å². The maximum Gasteiger partial charge on any atom is 0.316 e. The molecule has 0 spiro atoms. The number of ether oxygens (including phenoxy) is 1. The summed E-state index contributed by atoms with van der Waals surface area (Å²) >= 11 is 0. The van der Waals surface area contributed by atoms with Crippen molar-refractivity contribution in [3.8, 4) is 11.5 Å². The Labute approximate surface area is 145 Å². The minimum Gasteiger partial charge on any atom is -0.468 e. The first-order chi connectivity index (χ1) is 12.0. The molecule has 0 N–H and O–H groups in total. The third-order valence-corrected chi connectivity index (χ3v) is 5.01. The number of aryl methyl sites for hydroxylation is 3. The van der Waals surface area contributed by atoms with E-state index in [2.05, 4.69) is 9.97 Å². The summed E-state index contributed by atoms with van der Waals surface area (Å²) in [6, 6.07) is 4.05. The van der Waals surface area contributed by atoms with Crippen LogP contribution in [0.2, 0.25) is 0 Å². The zero-order valence-electron chi connectivity index (χ0n) is 14.8. The Morgan fingerprint density at radius 2 is 1.96 bits per heavy atom. The first-order valence-corrected chi connectivity index (χ1v) is 8.31. The summed E-state index contributed by atoms with van der Waals surface area (Å²) in [7, 11) is 3.38. The molecule has 6 heteroatoms. The summed E-state index contributed by atoms with van der Waals surface area (Å²) in [5.74, 6) is 0.601. The van der Waals surface area contributed by atoms with Crippen LogP contribution in [0, 0.1) is 13.8 Å². The third kappa shape index (κ3) is 2.32. The molecule has 0 bridgehead atoms. The van der Waals surface area contributed by atoms with Gasteiger partial charge in [0, 0.05) is 19.4 Å². The standard InChI is InChI=1S/C19H20N4O2/c1-11-7-14-16(21-9-11)23(3)17(22-14)15-12(2)8-13(10-20-15)19(5-6-19)18(24)25-4/h7-10H,5-6H2,1-4H3. The lowest BCUT2D eigenvalue weighted by molar-refractivity contribution is -0.143. The van der Waals surface area contributed by atoms with E-state index in [0.29, 0.717) is 0 Å². The van der Waals surface area contributed by atoms with Gasteiger partial charge in [0.2, 0.25) is 0 Å². The van der Waals surface area contributed by atoms with Gasteiger partial charge < -0.3 is 9.30 Å². The minimum absolute atomic E-state index is 0.177. The number of pyridine rings is 2. The fourth-order valence-corrected chi connectivity index (χ4v) is 3.39. The van der Waals surface area contributed by atoms with E-state index in [-0.39, 0.29) is 5.97 Å². The molecule has 1 saturated carbocycles. The number of imidazole rings is 1. The average Bonchev–Trinajstić information content (AvgIpc) is 3.35. The van der Waals surface area contributed by atoms with Crippen LogP contribution < -0.4 is 0 Å². The van der Waals surface area contributed by atoms with Gasteiger partial charge >= 0.3 is 5.97 Å². The largest absolute Gasteiger partial charge is 0.468 e. The van der Waals surface area contributed by atoms with Gasteiger partial charge in [-0.05, 0) is 49.4 Å². The average molecular weight is 336 g/mol. The van der Waals surface area contributed by atoms with E-state index in [4.69, 9.17) is 9.72 Å². The lowest BCUT2D eigenvalue weighted by atomic mass is 9.96. The number of hydrogen-bond acceptors (Lipinski definition) is 5. The summed E-state index contributed by atoms with van der Waals surface area (Å²) in [5.41, 5.74) is 4.98. The van der Waals surface area contributed by atoms with Crippen molar-refractivity contribution in [2.75, 3.05) is 7.11 Å². The van der Waals surface area contributed by atoms with E-state index in [9.17, 15) is 4.79 Å². The Balaban J connectivity index is 1.80. The van der Waals surface area contributed by atoms with Gasteiger partial charge in [-0.1, -0.05) is 6.07 Å². The van der Waals surface area contributed by atoms with Crippen molar-refractivity contribution in [2.45, 2.75) is 32.1 Å². The molecule has 1 fully saturated rings. The molecule has 0 unspecified atom stereocenters. The molecule has 128 valence electrons. The number of nitrogens with zero attached hydrogens (tertiary/aromatic N) is 4. The lowest BCUT2D eigenvalue weighted by Crippen LogP contribution is -2.22. The van der Waals surface area contributed by atoms with E-state index in [1.165, 1.54) is 7.11 Å². The molecule has 0 aromatic carbocycles. The van der Waals surface area contributed by atoms with Crippen molar-refractivity contribution < 1.29 is 9.53 Å². The zero-order valence-corrected chi connectivity index (χ0v) is 14.8. The highest BCUT2D eigenvalue weighted by molar-refractivity contribution is 5.86. The second-order valence-corrected chi connectivity index (χ2v) is 6.81. The minimum atomic E-state index is -0.504. The highest BCUT2D eigenvalue weighted by Crippen LogP contribution is 2.49. The molecule has 3 heterocycles. The van der Waals surface area contributed by atoms with Gasteiger partial charge in [0.25, 0.3) is 0 Å². The van der Waals surface area contributed by atoms with Crippen molar-refractivity contribution in [1.82, 2.24) is 19.5 Å². The monoisotopic (exact) mass is 336 g/mol. The van der Waals surface area contributed by atoms with Gasteiger partial charge in [-0.15, -0.1) is 0 Å². The molecule has 0 radical (unpaired) electrons. The van der Waals surface area contributed by atoms with Crippen LogP contribution in [0.4, 0.5) is 0 Å². The molecule has 0 amide bonds. The number of fused-ring (bicyclic) bond motifs is 1. The molecule has 0 aliphatic heterocycles. The van der Waals surface area contributed by atoms with Crippen LogP contribution in [0.3, 0.4) is 0 Å². The number of hydrogen-bond donors (Lipinski definition) is 0. The van der Waals surface area contributed by atoms with Gasteiger partial charge in [0.15, 0.2) is 11.5 Å². The number of methoxy groups -OCH3 is 1. The Bertz CT molecular complexity index is 1000. The van der Waals surface area contributed by atoms with E-state index in [0.717, 1.165) is 52.2 Å². The quantitative estimate of drug-likeness (QED) is 0.688.